The highest BCUT2D eigenvalue weighted by molar-refractivity contribution is 7.08. The van der Waals surface area contributed by atoms with Crippen LogP contribution in [0, 0.1) is 0 Å². The van der Waals surface area contributed by atoms with Crippen LogP contribution in [0.4, 0.5) is 11.4 Å². The second-order valence-corrected chi connectivity index (χ2v) is 4.39. The molecule has 0 atom stereocenters. The second-order valence-electron chi connectivity index (χ2n) is 3.21. The van der Waals surface area contributed by atoms with Gasteiger partial charge in [0.1, 0.15) is 0 Å². The molecule has 0 aliphatic heterocycles. The number of amides is 1. The average molecular weight is 253 g/mol. The van der Waals surface area contributed by atoms with Crippen LogP contribution in [-0.2, 0) is 0 Å². The molecule has 82 valence electrons. The fourth-order valence-electron chi connectivity index (χ4n) is 1.22. The Morgan fingerprint density at radius 3 is 2.81 bits per heavy atom. The van der Waals surface area contributed by atoms with Gasteiger partial charge in [0.05, 0.1) is 16.3 Å². The van der Waals surface area contributed by atoms with Gasteiger partial charge in [-0.2, -0.15) is 11.3 Å². The molecule has 2 rings (SSSR count). The highest BCUT2D eigenvalue weighted by Gasteiger charge is 2.08. The Morgan fingerprint density at radius 2 is 2.19 bits per heavy atom. The molecule has 0 spiro atoms. The van der Waals surface area contributed by atoms with Crippen LogP contribution in [0.2, 0.25) is 5.02 Å². The van der Waals surface area contributed by atoms with Crippen molar-refractivity contribution in [2.45, 2.75) is 0 Å². The predicted octanol–water partition coefficient (Wildman–Crippen LogP) is 3.24. The standard InChI is InChI=1S/C11H9ClN2OS/c12-9-5-8(13)1-2-10(9)14-11(15)7-3-4-16-6-7/h1-6H,13H2,(H,14,15). The molecule has 1 aromatic heterocycles. The van der Waals surface area contributed by atoms with Crippen LogP contribution in [-0.4, -0.2) is 5.91 Å². The van der Waals surface area contributed by atoms with Crippen LogP contribution in [0.5, 0.6) is 0 Å². The van der Waals surface area contributed by atoms with Crippen molar-refractivity contribution in [1.29, 1.82) is 0 Å². The normalized spacial score (nSPS) is 10.1. The molecule has 0 unspecified atom stereocenters. The summed E-state index contributed by atoms with van der Waals surface area (Å²) < 4.78 is 0. The van der Waals surface area contributed by atoms with E-state index in [1.165, 1.54) is 11.3 Å². The van der Waals surface area contributed by atoms with Crippen molar-refractivity contribution in [1.82, 2.24) is 0 Å². The monoisotopic (exact) mass is 252 g/mol. The van der Waals surface area contributed by atoms with E-state index in [0.29, 0.717) is 22.0 Å². The number of halogens is 1. The fraction of sp³-hybridized carbons (Fsp3) is 0. The van der Waals surface area contributed by atoms with Gasteiger partial charge >= 0.3 is 0 Å². The maximum Gasteiger partial charge on any atom is 0.256 e. The van der Waals surface area contributed by atoms with Gasteiger partial charge in [0, 0.05) is 11.1 Å². The highest BCUT2D eigenvalue weighted by atomic mass is 35.5. The first-order valence-electron chi connectivity index (χ1n) is 4.55. The van der Waals surface area contributed by atoms with Gasteiger partial charge in [-0.3, -0.25) is 4.79 Å². The Hall–Kier alpha value is -1.52. The van der Waals surface area contributed by atoms with Crippen molar-refractivity contribution in [2.24, 2.45) is 0 Å². The van der Waals surface area contributed by atoms with Gasteiger partial charge in [0.25, 0.3) is 5.91 Å². The van der Waals surface area contributed by atoms with Crippen molar-refractivity contribution in [3.8, 4) is 0 Å². The first-order chi connectivity index (χ1) is 7.66. The summed E-state index contributed by atoms with van der Waals surface area (Å²) >= 11 is 7.41. The van der Waals surface area contributed by atoms with Crippen LogP contribution < -0.4 is 11.1 Å². The number of hydrogen-bond donors (Lipinski definition) is 2. The summed E-state index contributed by atoms with van der Waals surface area (Å²) in [5.41, 5.74) is 7.31. The summed E-state index contributed by atoms with van der Waals surface area (Å²) in [6, 6.07) is 6.73. The number of carbonyl (C=O) groups is 1. The third kappa shape index (κ3) is 2.35. The van der Waals surface area contributed by atoms with Crippen LogP contribution in [0.25, 0.3) is 0 Å². The smallest absolute Gasteiger partial charge is 0.256 e. The Morgan fingerprint density at radius 1 is 1.38 bits per heavy atom. The van der Waals surface area contributed by atoms with Gasteiger partial charge in [0.15, 0.2) is 0 Å². The molecular weight excluding hydrogens is 244 g/mol. The van der Waals surface area contributed by atoms with Crippen LogP contribution in [0.1, 0.15) is 10.4 Å². The van der Waals surface area contributed by atoms with Crippen LogP contribution in [0.3, 0.4) is 0 Å². The minimum atomic E-state index is -0.173. The summed E-state index contributed by atoms with van der Waals surface area (Å²) in [7, 11) is 0. The lowest BCUT2D eigenvalue weighted by Gasteiger charge is -2.06. The molecule has 0 saturated heterocycles. The lowest BCUT2D eigenvalue weighted by atomic mass is 10.2. The molecule has 3 nitrogen and oxygen atoms in total. The van der Waals surface area contributed by atoms with E-state index in [2.05, 4.69) is 5.32 Å². The summed E-state index contributed by atoms with van der Waals surface area (Å²) in [4.78, 5) is 11.7. The lowest BCUT2D eigenvalue weighted by Crippen LogP contribution is -2.11. The molecule has 0 bridgehead atoms. The zero-order chi connectivity index (χ0) is 11.5. The largest absolute Gasteiger partial charge is 0.399 e. The van der Waals surface area contributed by atoms with Crippen molar-refractivity contribution < 1.29 is 4.79 Å². The van der Waals surface area contributed by atoms with Gasteiger partial charge in [-0.15, -0.1) is 0 Å². The highest BCUT2D eigenvalue weighted by Crippen LogP contribution is 2.24. The molecule has 0 aliphatic rings. The third-order valence-electron chi connectivity index (χ3n) is 2.02. The van der Waals surface area contributed by atoms with Gasteiger partial charge in [-0.25, -0.2) is 0 Å². The molecule has 2 aromatic rings. The molecule has 16 heavy (non-hydrogen) atoms. The zero-order valence-electron chi connectivity index (χ0n) is 8.24. The number of benzene rings is 1. The Balaban J connectivity index is 2.18. The lowest BCUT2D eigenvalue weighted by molar-refractivity contribution is 0.102. The van der Waals surface area contributed by atoms with Gasteiger partial charge in [0.2, 0.25) is 0 Å². The molecule has 5 heteroatoms. The van der Waals surface area contributed by atoms with E-state index in [0.717, 1.165) is 0 Å². The molecule has 1 aromatic carbocycles. The van der Waals surface area contributed by atoms with E-state index < -0.39 is 0 Å². The zero-order valence-corrected chi connectivity index (χ0v) is 9.81. The van der Waals surface area contributed by atoms with Gasteiger partial charge < -0.3 is 11.1 Å². The van der Waals surface area contributed by atoms with E-state index in [1.807, 2.05) is 5.38 Å². The van der Waals surface area contributed by atoms with E-state index in [9.17, 15) is 4.79 Å². The molecule has 0 saturated carbocycles. The molecule has 1 amide bonds. The number of thiophene rings is 1. The SMILES string of the molecule is Nc1ccc(NC(=O)c2ccsc2)c(Cl)c1. The Bertz CT molecular complexity index is 511. The maximum atomic E-state index is 11.7. The first kappa shape index (κ1) is 11.0. The Labute approximate surface area is 102 Å². The summed E-state index contributed by atoms with van der Waals surface area (Å²) in [5.74, 6) is -0.173. The average Bonchev–Trinajstić information content (AvgIpc) is 2.75. The van der Waals surface area contributed by atoms with Gasteiger partial charge in [-0.1, -0.05) is 11.6 Å². The minimum absolute atomic E-state index is 0.173. The molecule has 0 aliphatic carbocycles. The van der Waals surface area contributed by atoms with E-state index in [1.54, 1.807) is 29.6 Å². The second kappa shape index (κ2) is 4.55. The topological polar surface area (TPSA) is 55.1 Å². The molecule has 0 radical (unpaired) electrons. The third-order valence-corrected chi connectivity index (χ3v) is 3.02. The number of nitrogens with one attached hydrogen (secondary N) is 1. The number of rotatable bonds is 2. The van der Waals surface area contributed by atoms with Crippen LogP contribution >= 0.6 is 22.9 Å². The molecule has 0 fully saturated rings. The number of hydrogen-bond acceptors (Lipinski definition) is 3. The molecule has 3 N–H and O–H groups in total. The first-order valence-corrected chi connectivity index (χ1v) is 5.87. The number of nitrogens with two attached hydrogens (primary N) is 1. The quantitative estimate of drug-likeness (QED) is 0.807. The maximum absolute atomic E-state index is 11.7. The van der Waals surface area contributed by atoms with Gasteiger partial charge in [-0.05, 0) is 29.6 Å². The summed E-state index contributed by atoms with van der Waals surface area (Å²) in [6.07, 6.45) is 0. The minimum Gasteiger partial charge on any atom is -0.399 e. The van der Waals surface area contributed by atoms with Crippen molar-refractivity contribution in [2.75, 3.05) is 11.1 Å². The van der Waals surface area contributed by atoms with Crippen molar-refractivity contribution >= 4 is 40.2 Å². The number of anilines is 2. The van der Waals surface area contributed by atoms with E-state index in [-0.39, 0.29) is 5.91 Å². The molecular formula is C11H9ClN2OS. The summed E-state index contributed by atoms with van der Waals surface area (Å²) in [5, 5.41) is 6.78. The number of carbonyl (C=O) groups excluding carboxylic acids is 1. The molecule has 1 heterocycles. The Kier molecular flexibility index (Phi) is 3.12. The fourth-order valence-corrected chi connectivity index (χ4v) is 2.09. The number of nitrogen functional groups attached to an aromatic ring is 1. The van der Waals surface area contributed by atoms with Crippen molar-refractivity contribution in [3.63, 3.8) is 0 Å². The van der Waals surface area contributed by atoms with E-state index in [4.69, 9.17) is 17.3 Å². The van der Waals surface area contributed by atoms with Crippen molar-refractivity contribution in [3.05, 3.63) is 45.6 Å². The predicted molar refractivity (Wildman–Crippen MR) is 68.1 cm³/mol. The van der Waals surface area contributed by atoms with Crippen LogP contribution in [0.15, 0.2) is 35.0 Å². The van der Waals surface area contributed by atoms with E-state index >= 15 is 0 Å². The summed E-state index contributed by atoms with van der Waals surface area (Å²) in [6.45, 7) is 0.